The van der Waals surface area contributed by atoms with E-state index < -0.39 is 23.4 Å². The number of carbonyl (C=O) groups is 1. The third kappa shape index (κ3) is 5.43. The summed E-state index contributed by atoms with van der Waals surface area (Å²) in [5.74, 6) is 0. The minimum atomic E-state index is -4.49. The largest absolute Gasteiger partial charge is 0.443 e. The third-order valence-corrected chi connectivity index (χ3v) is 2.08. The summed E-state index contributed by atoms with van der Waals surface area (Å²) in [5, 5.41) is 0. The van der Waals surface area contributed by atoms with Crippen LogP contribution in [0.4, 0.5) is 18.0 Å². The van der Waals surface area contributed by atoms with Crippen LogP contribution in [-0.2, 0) is 17.5 Å². The molecule has 0 aliphatic rings. The summed E-state index contributed by atoms with van der Waals surface area (Å²) in [6, 6.07) is 1.23. The number of pyridine rings is 1. The topological polar surface area (TPSA) is 63.2 Å². The fourth-order valence-corrected chi connectivity index (χ4v) is 1.35. The van der Waals surface area contributed by atoms with Gasteiger partial charge in [0.1, 0.15) is 5.60 Å². The number of hydrogen-bond acceptors (Lipinski definition) is 4. The number of aromatic nitrogens is 1. The van der Waals surface area contributed by atoms with Crippen molar-refractivity contribution in [2.24, 2.45) is 0 Å². The van der Waals surface area contributed by atoms with Crippen molar-refractivity contribution in [3.8, 4) is 0 Å². The molecule has 20 heavy (non-hydrogen) atoms. The van der Waals surface area contributed by atoms with Crippen LogP contribution in [0.2, 0.25) is 0 Å². The van der Waals surface area contributed by atoms with Gasteiger partial charge in [-0.2, -0.15) is 13.2 Å². The molecule has 0 saturated heterocycles. The zero-order valence-electron chi connectivity index (χ0n) is 11.3. The van der Waals surface area contributed by atoms with Crippen molar-refractivity contribution >= 4 is 6.09 Å². The molecule has 1 aromatic heterocycles. The number of hydrogen-bond donors (Lipinski definition) is 2. The van der Waals surface area contributed by atoms with E-state index in [4.69, 9.17) is 4.74 Å². The summed E-state index contributed by atoms with van der Waals surface area (Å²) in [6.45, 7) is 4.84. The molecule has 0 aliphatic heterocycles. The lowest BCUT2D eigenvalue weighted by Gasteiger charge is -2.20. The smallest absolute Gasteiger partial charge is 0.422 e. The van der Waals surface area contributed by atoms with Crippen LogP contribution in [0.5, 0.6) is 0 Å². The Bertz CT molecular complexity index is 470. The first-order chi connectivity index (χ1) is 9.09. The molecule has 1 rings (SSSR count). The van der Waals surface area contributed by atoms with E-state index in [-0.39, 0.29) is 12.1 Å². The number of rotatable bonds is 3. The second-order valence-corrected chi connectivity index (χ2v) is 5.01. The molecule has 0 fully saturated rings. The van der Waals surface area contributed by atoms with E-state index in [2.05, 4.69) is 15.8 Å². The Balaban J connectivity index is 2.57. The molecule has 0 radical (unpaired) electrons. The van der Waals surface area contributed by atoms with Gasteiger partial charge in [-0.1, -0.05) is 0 Å². The fourth-order valence-electron chi connectivity index (χ4n) is 1.35. The number of alkyl halides is 3. The molecule has 0 aromatic carbocycles. The molecular weight excluding hydrogens is 275 g/mol. The molecule has 2 N–H and O–H groups in total. The summed E-state index contributed by atoms with van der Waals surface area (Å²) >= 11 is 0. The Labute approximate surface area is 114 Å². The van der Waals surface area contributed by atoms with Crippen molar-refractivity contribution in [1.29, 1.82) is 0 Å². The van der Waals surface area contributed by atoms with Gasteiger partial charge in [-0.3, -0.25) is 10.4 Å². The average molecular weight is 291 g/mol. The number of amides is 1. The summed E-state index contributed by atoms with van der Waals surface area (Å²) in [6.07, 6.45) is -3.26. The maximum atomic E-state index is 12.7. The summed E-state index contributed by atoms with van der Waals surface area (Å²) in [7, 11) is 0. The van der Waals surface area contributed by atoms with Gasteiger partial charge < -0.3 is 4.74 Å². The van der Waals surface area contributed by atoms with Gasteiger partial charge in [0, 0.05) is 18.9 Å². The third-order valence-electron chi connectivity index (χ3n) is 2.08. The standard InChI is InChI=1S/C12H16F3N3O2/c1-11(2,3)20-10(19)18-17-6-8-4-5-16-7-9(8)12(13,14)15/h4-5,7,17H,6H2,1-3H3,(H,18,19). The molecule has 8 heteroatoms. The quantitative estimate of drug-likeness (QED) is 0.840. The van der Waals surface area contributed by atoms with Gasteiger partial charge in [-0.05, 0) is 32.4 Å². The molecule has 0 bridgehead atoms. The zero-order chi connectivity index (χ0) is 15.4. The van der Waals surface area contributed by atoms with Crippen LogP contribution < -0.4 is 10.9 Å². The van der Waals surface area contributed by atoms with E-state index >= 15 is 0 Å². The Hall–Kier alpha value is -1.83. The van der Waals surface area contributed by atoms with Crippen LogP contribution >= 0.6 is 0 Å². The van der Waals surface area contributed by atoms with Gasteiger partial charge in [0.05, 0.1) is 5.56 Å². The number of nitrogens with zero attached hydrogens (tertiary/aromatic N) is 1. The van der Waals surface area contributed by atoms with E-state index in [9.17, 15) is 18.0 Å². The molecule has 5 nitrogen and oxygen atoms in total. The highest BCUT2D eigenvalue weighted by atomic mass is 19.4. The van der Waals surface area contributed by atoms with Crippen LogP contribution in [0.15, 0.2) is 18.5 Å². The molecule has 112 valence electrons. The van der Waals surface area contributed by atoms with E-state index in [0.717, 1.165) is 6.20 Å². The Morgan fingerprint density at radius 1 is 1.35 bits per heavy atom. The molecule has 0 unspecified atom stereocenters. The first-order valence-electron chi connectivity index (χ1n) is 5.81. The van der Waals surface area contributed by atoms with Crippen LogP contribution in [0.1, 0.15) is 31.9 Å². The van der Waals surface area contributed by atoms with Crippen molar-refractivity contribution < 1.29 is 22.7 Å². The van der Waals surface area contributed by atoms with Crippen LogP contribution in [0.3, 0.4) is 0 Å². The Morgan fingerprint density at radius 2 is 2.00 bits per heavy atom. The summed E-state index contributed by atoms with van der Waals surface area (Å²) < 4.78 is 43.0. The lowest BCUT2D eigenvalue weighted by atomic mass is 10.1. The van der Waals surface area contributed by atoms with Gasteiger partial charge in [0.25, 0.3) is 0 Å². The maximum absolute atomic E-state index is 12.7. The molecule has 1 aromatic rings. The second-order valence-electron chi connectivity index (χ2n) is 5.01. The average Bonchev–Trinajstić information content (AvgIpc) is 2.25. The Kier molecular flexibility index (Phi) is 4.93. The highest BCUT2D eigenvalue weighted by Gasteiger charge is 2.33. The molecule has 0 spiro atoms. The van der Waals surface area contributed by atoms with Gasteiger partial charge in [-0.25, -0.2) is 10.2 Å². The highest BCUT2D eigenvalue weighted by Crippen LogP contribution is 2.31. The monoisotopic (exact) mass is 291 g/mol. The lowest BCUT2D eigenvalue weighted by Crippen LogP contribution is -2.41. The Morgan fingerprint density at radius 3 is 2.55 bits per heavy atom. The van der Waals surface area contributed by atoms with Crippen molar-refractivity contribution in [2.75, 3.05) is 0 Å². The fraction of sp³-hybridized carbons (Fsp3) is 0.500. The normalized spacial score (nSPS) is 12.1. The molecule has 1 amide bonds. The van der Waals surface area contributed by atoms with Crippen molar-refractivity contribution in [3.63, 3.8) is 0 Å². The molecule has 0 saturated carbocycles. The summed E-state index contributed by atoms with van der Waals surface area (Å²) in [5.41, 5.74) is 3.00. The molecule has 0 aliphatic carbocycles. The minimum absolute atomic E-state index is 0.0245. The predicted octanol–water partition coefficient (Wildman–Crippen LogP) is 2.63. The number of nitrogens with one attached hydrogen (secondary N) is 2. The van der Waals surface area contributed by atoms with E-state index in [1.807, 2.05) is 0 Å². The van der Waals surface area contributed by atoms with E-state index in [1.54, 1.807) is 20.8 Å². The lowest BCUT2D eigenvalue weighted by molar-refractivity contribution is -0.138. The zero-order valence-corrected chi connectivity index (χ0v) is 11.3. The molecule has 0 atom stereocenters. The summed E-state index contributed by atoms with van der Waals surface area (Å²) in [4.78, 5) is 14.7. The van der Waals surface area contributed by atoms with E-state index in [0.29, 0.717) is 0 Å². The van der Waals surface area contributed by atoms with Gasteiger partial charge in [-0.15, -0.1) is 0 Å². The minimum Gasteiger partial charge on any atom is -0.443 e. The van der Waals surface area contributed by atoms with Gasteiger partial charge in [0.15, 0.2) is 0 Å². The number of halogens is 3. The van der Waals surface area contributed by atoms with Crippen LogP contribution in [-0.4, -0.2) is 16.7 Å². The van der Waals surface area contributed by atoms with Crippen molar-refractivity contribution in [1.82, 2.24) is 15.8 Å². The van der Waals surface area contributed by atoms with E-state index in [1.165, 1.54) is 12.3 Å². The second kappa shape index (κ2) is 6.08. The predicted molar refractivity (Wildman–Crippen MR) is 65.4 cm³/mol. The first-order valence-corrected chi connectivity index (χ1v) is 5.81. The molecule has 1 heterocycles. The van der Waals surface area contributed by atoms with Crippen LogP contribution in [0.25, 0.3) is 0 Å². The first kappa shape index (κ1) is 16.2. The molecular formula is C12H16F3N3O2. The number of hydrazine groups is 1. The van der Waals surface area contributed by atoms with Crippen LogP contribution in [0, 0.1) is 0 Å². The number of carbonyl (C=O) groups excluding carboxylic acids is 1. The van der Waals surface area contributed by atoms with Gasteiger partial charge >= 0.3 is 12.3 Å². The number of ether oxygens (including phenoxy) is 1. The van der Waals surface area contributed by atoms with Crippen molar-refractivity contribution in [2.45, 2.75) is 39.1 Å². The maximum Gasteiger partial charge on any atom is 0.422 e. The van der Waals surface area contributed by atoms with Gasteiger partial charge in [0.2, 0.25) is 0 Å². The van der Waals surface area contributed by atoms with Crippen molar-refractivity contribution in [3.05, 3.63) is 29.6 Å². The highest BCUT2D eigenvalue weighted by molar-refractivity contribution is 5.66. The SMILES string of the molecule is CC(C)(C)OC(=O)NNCc1ccncc1C(F)(F)F.